The molecular formula is C16H30N2O2. The molecule has 1 aliphatic heterocycles. The third-order valence-corrected chi connectivity index (χ3v) is 5.67. The number of piperidine rings is 1. The molecule has 1 saturated carbocycles. The highest BCUT2D eigenvalue weighted by Crippen LogP contribution is 2.43. The first-order chi connectivity index (χ1) is 9.30. The average Bonchev–Trinajstić information content (AvgIpc) is 2.43. The van der Waals surface area contributed by atoms with Gasteiger partial charge in [0.1, 0.15) is 0 Å². The minimum Gasteiger partial charge on any atom is -0.381 e. The smallest absolute Gasteiger partial charge is 0.226 e. The van der Waals surface area contributed by atoms with E-state index in [-0.39, 0.29) is 28.9 Å². The summed E-state index contributed by atoms with van der Waals surface area (Å²) in [5.74, 6) is 0.622. The lowest BCUT2D eigenvalue weighted by molar-refractivity contribution is -0.143. The van der Waals surface area contributed by atoms with Crippen molar-refractivity contribution in [2.24, 2.45) is 16.7 Å². The summed E-state index contributed by atoms with van der Waals surface area (Å²) in [6, 6.07) is 0.232. The van der Waals surface area contributed by atoms with Crippen molar-refractivity contribution < 1.29 is 9.53 Å². The van der Waals surface area contributed by atoms with E-state index in [0.29, 0.717) is 5.92 Å². The van der Waals surface area contributed by atoms with Crippen LogP contribution in [0.4, 0.5) is 0 Å². The van der Waals surface area contributed by atoms with Gasteiger partial charge in [-0.3, -0.25) is 4.79 Å². The van der Waals surface area contributed by atoms with E-state index in [1.165, 1.54) is 6.42 Å². The Morgan fingerprint density at radius 1 is 1.40 bits per heavy atom. The van der Waals surface area contributed by atoms with E-state index in [1.54, 1.807) is 7.11 Å². The second-order valence-corrected chi connectivity index (χ2v) is 7.57. The van der Waals surface area contributed by atoms with Crippen LogP contribution in [-0.2, 0) is 9.53 Å². The largest absolute Gasteiger partial charge is 0.381 e. The second-order valence-electron chi connectivity index (χ2n) is 7.57. The number of carbonyl (C=O) groups is 1. The third-order valence-electron chi connectivity index (χ3n) is 5.67. The van der Waals surface area contributed by atoms with Gasteiger partial charge >= 0.3 is 0 Å². The van der Waals surface area contributed by atoms with Crippen LogP contribution in [0.2, 0.25) is 0 Å². The van der Waals surface area contributed by atoms with Crippen molar-refractivity contribution in [2.45, 2.75) is 59.1 Å². The van der Waals surface area contributed by atoms with Crippen LogP contribution in [0.1, 0.15) is 47.0 Å². The average molecular weight is 282 g/mol. The van der Waals surface area contributed by atoms with E-state index in [2.05, 4.69) is 38.3 Å². The molecule has 0 spiro atoms. The molecule has 2 N–H and O–H groups in total. The van der Waals surface area contributed by atoms with Crippen LogP contribution in [0.5, 0.6) is 0 Å². The lowest BCUT2D eigenvalue weighted by Crippen LogP contribution is -2.63. The van der Waals surface area contributed by atoms with Crippen molar-refractivity contribution in [3.05, 3.63) is 0 Å². The van der Waals surface area contributed by atoms with Crippen molar-refractivity contribution in [3.63, 3.8) is 0 Å². The molecule has 3 atom stereocenters. The van der Waals surface area contributed by atoms with Gasteiger partial charge < -0.3 is 15.4 Å². The number of carbonyl (C=O) groups excluding carboxylic acids is 1. The zero-order valence-corrected chi connectivity index (χ0v) is 13.6. The van der Waals surface area contributed by atoms with E-state index >= 15 is 0 Å². The van der Waals surface area contributed by atoms with Gasteiger partial charge in [-0.05, 0) is 38.3 Å². The zero-order valence-electron chi connectivity index (χ0n) is 13.6. The highest BCUT2D eigenvalue weighted by Gasteiger charge is 2.50. The molecule has 1 aliphatic carbocycles. The second kappa shape index (κ2) is 5.64. The molecule has 0 aromatic carbocycles. The van der Waals surface area contributed by atoms with Gasteiger partial charge in [0.15, 0.2) is 0 Å². The number of nitrogens with one attached hydrogen (secondary N) is 2. The van der Waals surface area contributed by atoms with E-state index < -0.39 is 0 Å². The Kier molecular flexibility index (Phi) is 4.45. The Balaban J connectivity index is 1.94. The molecule has 3 unspecified atom stereocenters. The van der Waals surface area contributed by atoms with E-state index in [1.807, 2.05) is 0 Å². The fourth-order valence-electron chi connectivity index (χ4n) is 3.53. The standard InChI is InChI=1S/C16H30N2O2/c1-15(2,11-7-6-8-17-10-11)14(19)18-12-9-13(20-5)16(12,3)4/h11-13,17H,6-10H2,1-5H3,(H,18,19). The van der Waals surface area contributed by atoms with Crippen LogP contribution < -0.4 is 10.6 Å². The summed E-state index contributed by atoms with van der Waals surface area (Å²) in [7, 11) is 1.75. The molecular weight excluding hydrogens is 252 g/mol. The Labute approximate surface area is 123 Å². The first kappa shape index (κ1) is 15.8. The fraction of sp³-hybridized carbons (Fsp3) is 0.938. The van der Waals surface area contributed by atoms with Gasteiger partial charge in [0.2, 0.25) is 5.91 Å². The van der Waals surface area contributed by atoms with Crippen LogP contribution >= 0.6 is 0 Å². The van der Waals surface area contributed by atoms with Crippen LogP contribution in [0, 0.1) is 16.7 Å². The maximum atomic E-state index is 12.7. The molecule has 2 rings (SSSR count). The van der Waals surface area contributed by atoms with Crippen LogP contribution in [0.3, 0.4) is 0 Å². The molecule has 0 aromatic rings. The Bertz CT molecular complexity index is 359. The molecule has 0 bridgehead atoms. The molecule has 0 aromatic heterocycles. The molecule has 2 fully saturated rings. The maximum absolute atomic E-state index is 12.7. The first-order valence-electron chi connectivity index (χ1n) is 7.84. The Hall–Kier alpha value is -0.610. The fourth-order valence-corrected chi connectivity index (χ4v) is 3.53. The number of methoxy groups -OCH3 is 1. The van der Waals surface area contributed by atoms with Gasteiger partial charge in [-0.2, -0.15) is 0 Å². The first-order valence-corrected chi connectivity index (χ1v) is 7.84. The quantitative estimate of drug-likeness (QED) is 0.828. The van der Waals surface area contributed by atoms with E-state index in [4.69, 9.17) is 4.74 Å². The van der Waals surface area contributed by atoms with Gasteiger partial charge in [0.25, 0.3) is 0 Å². The number of hydrogen-bond donors (Lipinski definition) is 2. The zero-order chi connectivity index (χ0) is 15.0. The number of ether oxygens (including phenoxy) is 1. The van der Waals surface area contributed by atoms with Gasteiger partial charge in [-0.15, -0.1) is 0 Å². The van der Waals surface area contributed by atoms with Gasteiger partial charge in [-0.1, -0.05) is 27.7 Å². The summed E-state index contributed by atoms with van der Waals surface area (Å²) >= 11 is 0. The minimum atomic E-state index is -0.304. The monoisotopic (exact) mass is 282 g/mol. The van der Waals surface area contributed by atoms with E-state index in [9.17, 15) is 4.79 Å². The molecule has 4 nitrogen and oxygen atoms in total. The maximum Gasteiger partial charge on any atom is 0.226 e. The third kappa shape index (κ3) is 2.73. The van der Waals surface area contributed by atoms with E-state index in [0.717, 1.165) is 25.9 Å². The summed E-state index contributed by atoms with van der Waals surface area (Å²) < 4.78 is 5.45. The summed E-state index contributed by atoms with van der Waals surface area (Å²) in [4.78, 5) is 12.7. The Morgan fingerprint density at radius 2 is 2.10 bits per heavy atom. The van der Waals surface area contributed by atoms with Crippen LogP contribution in [0.15, 0.2) is 0 Å². The number of hydrogen-bond acceptors (Lipinski definition) is 3. The van der Waals surface area contributed by atoms with Crippen molar-refractivity contribution in [1.29, 1.82) is 0 Å². The normalized spacial score (nSPS) is 33.4. The summed E-state index contributed by atoms with van der Waals surface area (Å²) in [5.41, 5.74) is -0.271. The highest BCUT2D eigenvalue weighted by molar-refractivity contribution is 5.82. The Morgan fingerprint density at radius 3 is 2.60 bits per heavy atom. The molecule has 0 radical (unpaired) electrons. The molecule has 1 heterocycles. The lowest BCUT2D eigenvalue weighted by Gasteiger charge is -2.52. The molecule has 1 saturated heterocycles. The van der Waals surface area contributed by atoms with Crippen molar-refractivity contribution in [3.8, 4) is 0 Å². The van der Waals surface area contributed by atoms with Crippen LogP contribution in [-0.4, -0.2) is 38.3 Å². The van der Waals surface area contributed by atoms with Gasteiger partial charge in [-0.25, -0.2) is 0 Å². The van der Waals surface area contributed by atoms with Crippen molar-refractivity contribution >= 4 is 5.91 Å². The number of amides is 1. The molecule has 116 valence electrons. The van der Waals surface area contributed by atoms with Gasteiger partial charge in [0.05, 0.1) is 6.10 Å². The van der Waals surface area contributed by atoms with Crippen LogP contribution in [0.25, 0.3) is 0 Å². The minimum absolute atomic E-state index is 0.0330. The summed E-state index contributed by atoms with van der Waals surface area (Å²) in [6.07, 6.45) is 3.49. The SMILES string of the molecule is COC1CC(NC(=O)C(C)(C)C2CCCNC2)C1(C)C. The predicted molar refractivity (Wildman–Crippen MR) is 80.5 cm³/mol. The molecule has 4 heteroatoms. The van der Waals surface area contributed by atoms with Crippen molar-refractivity contribution in [2.75, 3.05) is 20.2 Å². The molecule has 2 aliphatic rings. The van der Waals surface area contributed by atoms with Gasteiger partial charge in [0, 0.05) is 24.0 Å². The number of rotatable bonds is 4. The molecule has 20 heavy (non-hydrogen) atoms. The molecule has 1 amide bonds. The topological polar surface area (TPSA) is 50.4 Å². The summed E-state index contributed by atoms with van der Waals surface area (Å²) in [6.45, 7) is 10.5. The summed E-state index contributed by atoms with van der Waals surface area (Å²) in [5, 5.41) is 6.67. The highest BCUT2D eigenvalue weighted by atomic mass is 16.5. The van der Waals surface area contributed by atoms with Crippen molar-refractivity contribution in [1.82, 2.24) is 10.6 Å². The lowest BCUT2D eigenvalue weighted by atomic mass is 9.64. The predicted octanol–water partition coefficient (Wildman–Crippen LogP) is 1.94.